The van der Waals surface area contributed by atoms with E-state index >= 15 is 0 Å². The smallest absolute Gasteiger partial charge is 0.203 e. The molecule has 1 unspecified atom stereocenters. The first-order chi connectivity index (χ1) is 6.97. The summed E-state index contributed by atoms with van der Waals surface area (Å²) in [6.45, 7) is 1.68. The summed E-state index contributed by atoms with van der Waals surface area (Å²) in [7, 11) is 1.19. The molecule has 0 spiro atoms. The van der Waals surface area contributed by atoms with E-state index in [2.05, 4.69) is 4.74 Å². The maximum absolute atomic E-state index is 13.2. The second-order valence-corrected chi connectivity index (χ2v) is 3.36. The van der Waals surface area contributed by atoms with Crippen LogP contribution in [0.4, 0.5) is 13.2 Å². The molecule has 0 radical (unpaired) electrons. The third kappa shape index (κ3) is 2.41. The number of hydrogen-bond donors (Lipinski definition) is 1. The zero-order valence-corrected chi connectivity index (χ0v) is 8.48. The molecule has 2 N–H and O–H groups in total. The van der Waals surface area contributed by atoms with Crippen LogP contribution in [0.15, 0.2) is 6.07 Å². The van der Waals surface area contributed by atoms with Crippen molar-refractivity contribution in [3.8, 4) is 5.75 Å². The second kappa shape index (κ2) is 4.53. The van der Waals surface area contributed by atoms with E-state index in [1.54, 1.807) is 6.92 Å². The summed E-state index contributed by atoms with van der Waals surface area (Å²) in [6, 6.07) is 0.615. The molecule has 0 bridgehead atoms. The van der Waals surface area contributed by atoms with Crippen molar-refractivity contribution in [2.24, 2.45) is 5.73 Å². The van der Waals surface area contributed by atoms with Gasteiger partial charge in [0.2, 0.25) is 5.82 Å². The fourth-order valence-electron chi connectivity index (χ4n) is 1.35. The zero-order chi connectivity index (χ0) is 11.6. The molecule has 0 aliphatic rings. The van der Waals surface area contributed by atoms with Gasteiger partial charge >= 0.3 is 0 Å². The zero-order valence-electron chi connectivity index (χ0n) is 8.48. The van der Waals surface area contributed by atoms with Gasteiger partial charge in [0.15, 0.2) is 17.4 Å². The van der Waals surface area contributed by atoms with E-state index < -0.39 is 17.5 Å². The average molecular weight is 219 g/mol. The summed E-state index contributed by atoms with van der Waals surface area (Å²) in [5, 5.41) is 0. The highest BCUT2D eigenvalue weighted by Crippen LogP contribution is 2.27. The van der Waals surface area contributed by atoms with Gasteiger partial charge in [0, 0.05) is 11.6 Å². The predicted molar refractivity (Wildman–Crippen MR) is 50.2 cm³/mol. The Morgan fingerprint density at radius 2 is 1.93 bits per heavy atom. The molecule has 1 aromatic rings. The molecule has 15 heavy (non-hydrogen) atoms. The molecule has 1 aromatic carbocycles. The van der Waals surface area contributed by atoms with Crippen LogP contribution in [-0.4, -0.2) is 13.2 Å². The lowest BCUT2D eigenvalue weighted by atomic mass is 10.1. The number of nitrogens with two attached hydrogens (primary N) is 1. The highest BCUT2D eigenvalue weighted by molar-refractivity contribution is 5.37. The molecule has 0 saturated heterocycles. The van der Waals surface area contributed by atoms with Crippen LogP contribution in [-0.2, 0) is 6.42 Å². The SMILES string of the molecule is COc1c(CC(C)N)cc(F)c(F)c1F. The first-order valence-electron chi connectivity index (χ1n) is 4.43. The molecule has 0 amide bonds. The molecule has 84 valence electrons. The molecular weight excluding hydrogens is 207 g/mol. The molecule has 0 fully saturated rings. The number of halogens is 3. The summed E-state index contributed by atoms with van der Waals surface area (Å²) in [5.74, 6) is -4.36. The highest BCUT2D eigenvalue weighted by atomic mass is 19.2. The molecular formula is C10H12F3NO. The van der Waals surface area contributed by atoms with Crippen molar-refractivity contribution in [1.29, 1.82) is 0 Å². The largest absolute Gasteiger partial charge is 0.493 e. The Bertz CT molecular complexity index is 366. The van der Waals surface area contributed by atoms with Gasteiger partial charge in [0.1, 0.15) is 0 Å². The lowest BCUT2D eigenvalue weighted by Gasteiger charge is -2.12. The number of ether oxygens (including phenoxy) is 1. The van der Waals surface area contributed by atoms with Gasteiger partial charge in [-0.3, -0.25) is 0 Å². The molecule has 0 aliphatic heterocycles. The monoisotopic (exact) mass is 219 g/mol. The van der Waals surface area contributed by atoms with Crippen molar-refractivity contribution in [3.63, 3.8) is 0 Å². The predicted octanol–water partition coefficient (Wildman–Crippen LogP) is 2.00. The van der Waals surface area contributed by atoms with Crippen molar-refractivity contribution in [3.05, 3.63) is 29.1 Å². The van der Waals surface area contributed by atoms with Crippen molar-refractivity contribution >= 4 is 0 Å². The topological polar surface area (TPSA) is 35.2 Å². The van der Waals surface area contributed by atoms with Gasteiger partial charge in [0.05, 0.1) is 7.11 Å². The maximum atomic E-state index is 13.2. The van der Waals surface area contributed by atoms with Gasteiger partial charge in [-0.25, -0.2) is 8.78 Å². The highest BCUT2D eigenvalue weighted by Gasteiger charge is 2.19. The number of methoxy groups -OCH3 is 1. The van der Waals surface area contributed by atoms with E-state index in [1.165, 1.54) is 7.11 Å². The quantitative estimate of drug-likeness (QED) is 0.789. The van der Waals surface area contributed by atoms with Gasteiger partial charge in [-0.2, -0.15) is 4.39 Å². The minimum absolute atomic E-state index is 0.220. The molecule has 0 aromatic heterocycles. The van der Waals surface area contributed by atoms with Crippen LogP contribution in [0.25, 0.3) is 0 Å². The number of rotatable bonds is 3. The third-order valence-corrected chi connectivity index (χ3v) is 1.94. The van der Waals surface area contributed by atoms with Crippen LogP contribution in [0.5, 0.6) is 5.75 Å². The first kappa shape index (κ1) is 11.8. The van der Waals surface area contributed by atoms with Crippen LogP contribution in [0.1, 0.15) is 12.5 Å². The van der Waals surface area contributed by atoms with Gasteiger partial charge < -0.3 is 10.5 Å². The summed E-state index contributed by atoms with van der Waals surface area (Å²) >= 11 is 0. The van der Waals surface area contributed by atoms with E-state index in [0.717, 1.165) is 6.07 Å². The molecule has 2 nitrogen and oxygen atoms in total. The van der Waals surface area contributed by atoms with Crippen LogP contribution < -0.4 is 10.5 Å². The van der Waals surface area contributed by atoms with E-state index in [4.69, 9.17) is 5.73 Å². The summed E-state index contributed by atoms with van der Waals surface area (Å²) < 4.78 is 43.6. The Hall–Kier alpha value is -1.23. The average Bonchev–Trinajstić information content (AvgIpc) is 2.14. The minimum Gasteiger partial charge on any atom is -0.493 e. The summed E-state index contributed by atoms with van der Waals surface area (Å²) in [6.07, 6.45) is 0.220. The van der Waals surface area contributed by atoms with Crippen molar-refractivity contribution in [2.45, 2.75) is 19.4 Å². The summed E-state index contributed by atoms with van der Waals surface area (Å²) in [5.41, 5.74) is 5.72. The minimum atomic E-state index is -1.53. The van der Waals surface area contributed by atoms with Crippen molar-refractivity contribution in [2.75, 3.05) is 7.11 Å². The third-order valence-electron chi connectivity index (χ3n) is 1.94. The number of benzene rings is 1. The van der Waals surface area contributed by atoms with Gasteiger partial charge in [-0.05, 0) is 19.4 Å². The molecule has 0 saturated carbocycles. The van der Waals surface area contributed by atoms with Gasteiger partial charge in [0.25, 0.3) is 0 Å². The van der Waals surface area contributed by atoms with Crippen LogP contribution in [0, 0.1) is 17.5 Å². The van der Waals surface area contributed by atoms with Crippen molar-refractivity contribution in [1.82, 2.24) is 0 Å². The lowest BCUT2D eigenvalue weighted by Crippen LogP contribution is -2.19. The molecule has 5 heteroatoms. The fraction of sp³-hybridized carbons (Fsp3) is 0.400. The van der Waals surface area contributed by atoms with E-state index in [9.17, 15) is 13.2 Å². The normalized spacial score (nSPS) is 12.7. The van der Waals surface area contributed by atoms with E-state index in [1.807, 2.05) is 0 Å². The Morgan fingerprint density at radius 1 is 1.33 bits per heavy atom. The van der Waals surface area contributed by atoms with Crippen LogP contribution in [0.3, 0.4) is 0 Å². The van der Waals surface area contributed by atoms with Gasteiger partial charge in [-0.1, -0.05) is 0 Å². The van der Waals surface area contributed by atoms with Gasteiger partial charge in [-0.15, -0.1) is 0 Å². The second-order valence-electron chi connectivity index (χ2n) is 3.36. The van der Waals surface area contributed by atoms with Crippen LogP contribution in [0.2, 0.25) is 0 Å². The fourth-order valence-corrected chi connectivity index (χ4v) is 1.35. The molecule has 1 atom stereocenters. The standard InChI is InChI=1S/C10H12F3NO/c1-5(14)3-6-4-7(11)8(12)9(13)10(6)15-2/h4-5H,3,14H2,1-2H3. The Kier molecular flexibility index (Phi) is 3.57. The molecule has 0 aliphatic carbocycles. The number of hydrogen-bond acceptors (Lipinski definition) is 2. The van der Waals surface area contributed by atoms with E-state index in [0.29, 0.717) is 0 Å². The Morgan fingerprint density at radius 3 is 2.40 bits per heavy atom. The van der Waals surface area contributed by atoms with Crippen molar-refractivity contribution < 1.29 is 17.9 Å². The van der Waals surface area contributed by atoms with E-state index in [-0.39, 0.29) is 23.8 Å². The lowest BCUT2D eigenvalue weighted by molar-refractivity contribution is 0.354. The Balaban J connectivity index is 3.25. The first-order valence-corrected chi connectivity index (χ1v) is 4.43. The molecule has 1 rings (SSSR count). The molecule has 0 heterocycles. The maximum Gasteiger partial charge on any atom is 0.203 e. The van der Waals surface area contributed by atoms with Crippen LogP contribution >= 0.6 is 0 Å². The summed E-state index contributed by atoms with van der Waals surface area (Å²) in [4.78, 5) is 0. The Labute approximate surface area is 85.8 Å².